The van der Waals surface area contributed by atoms with Gasteiger partial charge < -0.3 is 24.5 Å². The molecule has 0 aromatic heterocycles. The van der Waals surface area contributed by atoms with Crippen LogP contribution in [0.1, 0.15) is 13.3 Å². The fourth-order valence-corrected chi connectivity index (χ4v) is 1.65. The summed E-state index contributed by atoms with van der Waals surface area (Å²) in [6.07, 6.45) is -1.55. The molecule has 0 spiro atoms. The first-order valence-corrected chi connectivity index (χ1v) is 5.13. The van der Waals surface area contributed by atoms with Crippen LogP contribution >= 0.6 is 0 Å². The molecule has 1 unspecified atom stereocenters. The average molecular weight is 254 g/mol. The molecule has 1 atom stereocenters. The molecule has 0 radical (unpaired) electrons. The standard InChI is InChI=1S/C6H10O8S.2Li/c1-2-14-6(5(9)10,3-4(7)8)15(11,12)13;;/h2-3H2,1H3,(H,7,8)(H,9,10)(H,11,12,13);;/q;2*+1/p-2. The maximum atomic E-state index is 10.7. The van der Waals surface area contributed by atoms with Crippen molar-refractivity contribution in [3.8, 4) is 0 Å². The molecule has 11 heteroatoms. The van der Waals surface area contributed by atoms with Crippen molar-refractivity contribution in [3.05, 3.63) is 0 Å². The molecule has 0 amide bonds. The minimum atomic E-state index is -5.29. The molecule has 0 aromatic rings. The monoisotopic (exact) mass is 254 g/mol. The van der Waals surface area contributed by atoms with Gasteiger partial charge in [0.25, 0.3) is 0 Å². The van der Waals surface area contributed by atoms with Gasteiger partial charge in [0.1, 0.15) is 0 Å². The number of carbonyl (C=O) groups excluding carboxylic acids is 2. The zero-order valence-electron chi connectivity index (χ0n) is 9.63. The second-order valence-corrected chi connectivity index (χ2v) is 4.11. The van der Waals surface area contributed by atoms with Crippen molar-refractivity contribution in [3.63, 3.8) is 0 Å². The molecule has 1 N–H and O–H groups in total. The smallest absolute Gasteiger partial charge is 0.550 e. The van der Waals surface area contributed by atoms with E-state index in [9.17, 15) is 28.2 Å². The number of carboxylic acid groups (broad SMARTS) is 2. The summed E-state index contributed by atoms with van der Waals surface area (Å²) in [5.41, 5.74) is 0. The number of carbonyl (C=O) groups is 2. The predicted octanol–water partition coefficient (Wildman–Crippen LogP) is -9.50. The molecular weight excluding hydrogens is 246 g/mol. The van der Waals surface area contributed by atoms with Crippen LogP contribution in [0.2, 0.25) is 0 Å². The Bertz CT molecular complexity index is 366. The number of hydrogen-bond acceptors (Lipinski definition) is 7. The van der Waals surface area contributed by atoms with Crippen LogP contribution < -0.4 is 47.9 Å². The third-order valence-corrected chi connectivity index (χ3v) is 2.74. The van der Waals surface area contributed by atoms with Gasteiger partial charge in [0.05, 0.1) is 5.97 Å². The van der Waals surface area contributed by atoms with Crippen LogP contribution in [0, 0.1) is 0 Å². The Hall–Kier alpha value is 0.00481. The maximum absolute atomic E-state index is 10.7. The number of hydrogen-bond donors (Lipinski definition) is 1. The van der Waals surface area contributed by atoms with E-state index in [4.69, 9.17) is 4.55 Å². The SMILES string of the molecule is CCOC(CC(=O)[O-])(C(=O)[O-])S(=O)(=O)O.[Li+].[Li+]. The molecule has 0 bridgehead atoms. The molecular formula is C6H8Li2O8S. The zero-order valence-corrected chi connectivity index (χ0v) is 10.4. The van der Waals surface area contributed by atoms with E-state index < -0.39 is 40.0 Å². The van der Waals surface area contributed by atoms with Crippen LogP contribution in [0.15, 0.2) is 0 Å². The Labute approximate surface area is 122 Å². The fraction of sp³-hybridized carbons (Fsp3) is 0.667. The van der Waals surface area contributed by atoms with Gasteiger partial charge in [-0.2, -0.15) is 8.42 Å². The van der Waals surface area contributed by atoms with Crippen LogP contribution in [0.25, 0.3) is 0 Å². The Morgan fingerprint density at radius 2 is 1.71 bits per heavy atom. The largest absolute Gasteiger partial charge is 1.00 e. The Kier molecular flexibility index (Phi) is 10.7. The minimum absolute atomic E-state index is 0. The van der Waals surface area contributed by atoms with E-state index in [0.29, 0.717) is 0 Å². The normalized spacial score (nSPS) is 13.8. The topological polar surface area (TPSA) is 144 Å². The molecule has 0 rings (SSSR count). The molecule has 0 aromatic carbocycles. The molecule has 88 valence electrons. The maximum Gasteiger partial charge on any atom is 1.00 e. The molecule has 17 heavy (non-hydrogen) atoms. The van der Waals surface area contributed by atoms with E-state index in [1.807, 2.05) is 0 Å². The van der Waals surface area contributed by atoms with E-state index in [0.717, 1.165) is 0 Å². The van der Waals surface area contributed by atoms with Crippen molar-refractivity contribution in [1.82, 2.24) is 0 Å². The van der Waals surface area contributed by atoms with Crippen molar-refractivity contribution >= 4 is 22.1 Å². The van der Waals surface area contributed by atoms with Crippen molar-refractivity contribution in [2.45, 2.75) is 18.3 Å². The molecule has 0 aliphatic carbocycles. The van der Waals surface area contributed by atoms with Gasteiger partial charge in [-0.05, 0) is 6.92 Å². The fourth-order valence-electron chi connectivity index (χ4n) is 0.876. The van der Waals surface area contributed by atoms with Crippen molar-refractivity contribution in [2.24, 2.45) is 0 Å². The van der Waals surface area contributed by atoms with Gasteiger partial charge in [0.2, 0.25) is 4.93 Å². The van der Waals surface area contributed by atoms with Crippen molar-refractivity contribution < 1.29 is 75.2 Å². The van der Waals surface area contributed by atoms with Gasteiger partial charge >= 0.3 is 47.8 Å². The van der Waals surface area contributed by atoms with E-state index in [1.165, 1.54) is 6.92 Å². The van der Waals surface area contributed by atoms with Gasteiger partial charge in [-0.3, -0.25) is 4.55 Å². The van der Waals surface area contributed by atoms with Crippen LogP contribution in [0.4, 0.5) is 0 Å². The van der Waals surface area contributed by atoms with E-state index in [1.54, 1.807) is 0 Å². The van der Waals surface area contributed by atoms with Gasteiger partial charge in [-0.25, -0.2) is 0 Å². The van der Waals surface area contributed by atoms with E-state index in [-0.39, 0.29) is 37.7 Å². The van der Waals surface area contributed by atoms with Gasteiger partial charge in [0, 0.05) is 19.0 Å². The predicted molar refractivity (Wildman–Crippen MR) is 40.5 cm³/mol. The number of aliphatic carboxylic acids is 2. The summed E-state index contributed by atoms with van der Waals surface area (Å²) in [7, 11) is -5.29. The summed E-state index contributed by atoms with van der Waals surface area (Å²) in [4.78, 5) is 17.4. The van der Waals surface area contributed by atoms with Gasteiger partial charge in [-0.15, -0.1) is 0 Å². The summed E-state index contributed by atoms with van der Waals surface area (Å²) >= 11 is 0. The third-order valence-electron chi connectivity index (χ3n) is 1.48. The average Bonchev–Trinajstić information content (AvgIpc) is 1.99. The van der Waals surface area contributed by atoms with Crippen LogP contribution in [0.5, 0.6) is 0 Å². The molecule has 0 saturated carbocycles. The second-order valence-electron chi connectivity index (χ2n) is 2.50. The molecule has 0 saturated heterocycles. The molecule has 8 nitrogen and oxygen atoms in total. The molecule has 0 heterocycles. The van der Waals surface area contributed by atoms with Gasteiger partial charge in [0.15, 0.2) is 0 Å². The summed E-state index contributed by atoms with van der Waals surface area (Å²) in [5.74, 6) is -4.37. The molecule has 0 aliphatic rings. The number of rotatable bonds is 6. The molecule has 0 fully saturated rings. The summed E-state index contributed by atoms with van der Waals surface area (Å²) < 4.78 is 34.3. The first-order valence-electron chi connectivity index (χ1n) is 3.69. The quantitative estimate of drug-likeness (QED) is 0.363. The number of carboxylic acids is 2. The van der Waals surface area contributed by atoms with Crippen LogP contribution in [-0.4, -0.2) is 36.4 Å². The van der Waals surface area contributed by atoms with E-state index >= 15 is 0 Å². The first-order chi connectivity index (χ1) is 6.67. The Balaban J connectivity index is -0.000000980. The van der Waals surface area contributed by atoms with Crippen molar-refractivity contribution in [2.75, 3.05) is 6.61 Å². The van der Waals surface area contributed by atoms with E-state index in [2.05, 4.69) is 4.74 Å². The number of ether oxygens (including phenoxy) is 1. The summed E-state index contributed by atoms with van der Waals surface area (Å²) in [6.45, 7) is 0.777. The zero-order chi connectivity index (χ0) is 12.3. The Morgan fingerprint density at radius 1 is 1.29 bits per heavy atom. The minimum Gasteiger partial charge on any atom is -0.550 e. The molecule has 0 aliphatic heterocycles. The second kappa shape index (κ2) is 8.17. The summed E-state index contributed by atoms with van der Waals surface area (Å²) in [5, 5.41) is 20.7. The Morgan fingerprint density at radius 3 is 1.88 bits per heavy atom. The summed E-state index contributed by atoms with van der Waals surface area (Å²) in [6, 6.07) is 0. The van der Waals surface area contributed by atoms with Crippen LogP contribution in [0.3, 0.4) is 0 Å². The van der Waals surface area contributed by atoms with Gasteiger partial charge in [-0.1, -0.05) is 0 Å². The van der Waals surface area contributed by atoms with Crippen LogP contribution in [-0.2, 0) is 24.4 Å². The third kappa shape index (κ3) is 5.45. The van der Waals surface area contributed by atoms with Crippen molar-refractivity contribution in [1.29, 1.82) is 0 Å². The first kappa shape index (κ1) is 22.2.